The van der Waals surface area contributed by atoms with Crippen LogP contribution in [0.25, 0.3) is 0 Å². The van der Waals surface area contributed by atoms with Gasteiger partial charge in [-0.2, -0.15) is 0 Å². The summed E-state index contributed by atoms with van der Waals surface area (Å²) in [4.78, 5) is 11.9. The second-order valence-corrected chi connectivity index (χ2v) is 4.89. The van der Waals surface area contributed by atoms with Crippen molar-refractivity contribution in [1.82, 2.24) is 5.32 Å². The predicted octanol–water partition coefficient (Wildman–Crippen LogP) is 2.92. The molecule has 0 aliphatic heterocycles. The minimum atomic E-state index is -0.428. The van der Waals surface area contributed by atoms with Crippen LogP contribution in [-0.2, 0) is 11.9 Å². The maximum atomic E-state index is 11.9. The second-order valence-electron chi connectivity index (χ2n) is 4.33. The molecule has 4 nitrogen and oxygen atoms in total. The minimum absolute atomic E-state index is 0.0575. The number of phenolic OH excluding ortho intramolecular Hbond substituents is 2. The molecule has 0 aromatic heterocycles. The van der Waals surface area contributed by atoms with E-state index in [4.69, 9.17) is 0 Å². The van der Waals surface area contributed by atoms with Crippen molar-refractivity contribution < 1.29 is 15.0 Å². The smallest absolute Gasteiger partial charge is 0.255 e. The maximum Gasteiger partial charge on any atom is 0.255 e. The van der Waals surface area contributed by atoms with Gasteiger partial charge >= 0.3 is 0 Å². The highest BCUT2D eigenvalue weighted by Gasteiger charge is 2.11. The number of benzene rings is 2. The first kappa shape index (κ1) is 14.4. The van der Waals surface area contributed by atoms with E-state index >= 15 is 0 Å². The van der Waals surface area contributed by atoms with Crippen molar-refractivity contribution in [2.24, 2.45) is 0 Å². The molecule has 1 amide bonds. The molecule has 0 fully saturated rings. The fourth-order valence-corrected chi connectivity index (χ4v) is 2.10. The van der Waals surface area contributed by atoms with E-state index in [1.165, 1.54) is 18.2 Å². The molecule has 0 spiro atoms. The fourth-order valence-electron chi connectivity index (χ4n) is 1.73. The van der Waals surface area contributed by atoms with Gasteiger partial charge in [-0.25, -0.2) is 0 Å². The normalized spacial score (nSPS) is 10.2. The first-order chi connectivity index (χ1) is 9.60. The third-order valence-electron chi connectivity index (χ3n) is 2.86. The summed E-state index contributed by atoms with van der Waals surface area (Å²) in [5, 5.41) is 22.4. The topological polar surface area (TPSA) is 69.6 Å². The zero-order valence-corrected chi connectivity index (χ0v) is 12.2. The lowest BCUT2D eigenvalue weighted by molar-refractivity contribution is 0.0948. The van der Waals surface area contributed by atoms with Gasteiger partial charge in [-0.3, -0.25) is 4.79 Å². The molecular formula is C15H14BrNO3. The lowest BCUT2D eigenvalue weighted by Crippen LogP contribution is -2.22. The van der Waals surface area contributed by atoms with Crippen LogP contribution in [0.3, 0.4) is 0 Å². The van der Waals surface area contributed by atoms with E-state index in [2.05, 4.69) is 21.2 Å². The number of hydrogen-bond donors (Lipinski definition) is 3. The highest BCUT2D eigenvalue weighted by Crippen LogP contribution is 2.21. The van der Waals surface area contributed by atoms with E-state index in [-0.39, 0.29) is 17.1 Å². The standard InChI is InChI=1S/C15H14BrNO3/c16-8-10-1-3-11(4-2-10)9-17-15(20)13-7-12(18)5-6-14(13)19/h1-7,18-19H,8-9H2,(H,17,20). The van der Waals surface area contributed by atoms with Gasteiger partial charge in [0.1, 0.15) is 11.5 Å². The summed E-state index contributed by atoms with van der Waals surface area (Å²) in [5.41, 5.74) is 2.18. The van der Waals surface area contributed by atoms with Gasteiger partial charge in [0, 0.05) is 11.9 Å². The summed E-state index contributed by atoms with van der Waals surface area (Å²) >= 11 is 3.37. The number of phenols is 2. The summed E-state index contributed by atoms with van der Waals surface area (Å²) in [6.07, 6.45) is 0. The van der Waals surface area contributed by atoms with E-state index in [0.717, 1.165) is 16.5 Å². The Labute approximate surface area is 125 Å². The van der Waals surface area contributed by atoms with Gasteiger partial charge in [-0.15, -0.1) is 0 Å². The minimum Gasteiger partial charge on any atom is -0.508 e. The SMILES string of the molecule is O=C(NCc1ccc(CBr)cc1)c1cc(O)ccc1O. The Hall–Kier alpha value is -2.01. The zero-order valence-electron chi connectivity index (χ0n) is 10.6. The third-order valence-corrected chi connectivity index (χ3v) is 3.50. The van der Waals surface area contributed by atoms with Crippen LogP contribution >= 0.6 is 15.9 Å². The largest absolute Gasteiger partial charge is 0.508 e. The summed E-state index contributed by atoms with van der Waals surface area (Å²) in [6, 6.07) is 11.7. The van der Waals surface area contributed by atoms with Gasteiger partial charge in [0.25, 0.3) is 5.91 Å². The molecule has 2 aromatic rings. The van der Waals surface area contributed by atoms with Crippen LogP contribution in [0, 0.1) is 0 Å². The number of aromatic hydroxyl groups is 2. The number of rotatable bonds is 4. The molecule has 20 heavy (non-hydrogen) atoms. The van der Waals surface area contributed by atoms with Crippen LogP contribution in [0.2, 0.25) is 0 Å². The van der Waals surface area contributed by atoms with E-state index in [0.29, 0.717) is 6.54 Å². The van der Waals surface area contributed by atoms with Gasteiger partial charge in [-0.05, 0) is 29.3 Å². The lowest BCUT2D eigenvalue weighted by Gasteiger charge is -2.08. The first-order valence-electron chi connectivity index (χ1n) is 6.04. The Morgan fingerprint density at radius 3 is 2.35 bits per heavy atom. The Bertz CT molecular complexity index is 611. The van der Waals surface area contributed by atoms with Crippen LogP contribution in [0.1, 0.15) is 21.5 Å². The Balaban J connectivity index is 2.02. The average molecular weight is 336 g/mol. The predicted molar refractivity (Wildman–Crippen MR) is 80.0 cm³/mol. The molecule has 5 heteroatoms. The zero-order chi connectivity index (χ0) is 14.5. The first-order valence-corrected chi connectivity index (χ1v) is 7.16. The molecule has 2 rings (SSSR count). The van der Waals surface area contributed by atoms with Gasteiger partial charge in [0.05, 0.1) is 5.56 Å². The molecular weight excluding hydrogens is 322 g/mol. The molecule has 0 aliphatic rings. The van der Waals surface area contributed by atoms with Gasteiger partial charge in [0.15, 0.2) is 0 Å². The highest BCUT2D eigenvalue weighted by molar-refractivity contribution is 9.08. The molecule has 0 heterocycles. The van der Waals surface area contributed by atoms with Crippen molar-refractivity contribution in [1.29, 1.82) is 0 Å². The monoisotopic (exact) mass is 335 g/mol. The quantitative estimate of drug-likeness (QED) is 0.594. The number of alkyl halides is 1. The van der Waals surface area contributed by atoms with Crippen LogP contribution in [-0.4, -0.2) is 16.1 Å². The number of hydrogen-bond acceptors (Lipinski definition) is 3. The number of carbonyl (C=O) groups is 1. The second kappa shape index (κ2) is 6.43. The molecule has 0 saturated carbocycles. The van der Waals surface area contributed by atoms with E-state index in [1.54, 1.807) is 0 Å². The Kier molecular flexibility index (Phi) is 4.63. The van der Waals surface area contributed by atoms with Crippen molar-refractivity contribution >= 4 is 21.8 Å². The third kappa shape index (κ3) is 3.51. The number of halogens is 1. The maximum absolute atomic E-state index is 11.9. The Morgan fingerprint density at radius 2 is 1.70 bits per heavy atom. The summed E-state index contributed by atoms with van der Waals surface area (Å²) in [6.45, 7) is 0.358. The average Bonchev–Trinajstić information content (AvgIpc) is 2.47. The Morgan fingerprint density at radius 1 is 1.05 bits per heavy atom. The summed E-state index contributed by atoms with van der Waals surface area (Å²) < 4.78 is 0. The molecule has 0 saturated heterocycles. The van der Waals surface area contributed by atoms with Crippen molar-refractivity contribution in [3.05, 3.63) is 59.2 Å². The van der Waals surface area contributed by atoms with Crippen LogP contribution in [0.5, 0.6) is 11.5 Å². The number of amides is 1. The van der Waals surface area contributed by atoms with Gasteiger partial charge < -0.3 is 15.5 Å². The summed E-state index contributed by atoms with van der Waals surface area (Å²) in [7, 11) is 0. The van der Waals surface area contributed by atoms with E-state index < -0.39 is 5.91 Å². The van der Waals surface area contributed by atoms with Gasteiger partial charge in [0.2, 0.25) is 0 Å². The molecule has 3 N–H and O–H groups in total. The van der Waals surface area contributed by atoms with Crippen LogP contribution in [0.4, 0.5) is 0 Å². The number of nitrogens with one attached hydrogen (secondary N) is 1. The molecule has 0 atom stereocenters. The lowest BCUT2D eigenvalue weighted by atomic mass is 10.1. The molecule has 0 radical (unpaired) electrons. The van der Waals surface area contributed by atoms with E-state index in [1.807, 2.05) is 24.3 Å². The fraction of sp³-hybridized carbons (Fsp3) is 0.133. The van der Waals surface area contributed by atoms with Crippen LogP contribution in [0.15, 0.2) is 42.5 Å². The highest BCUT2D eigenvalue weighted by atomic mass is 79.9. The van der Waals surface area contributed by atoms with Gasteiger partial charge in [-0.1, -0.05) is 40.2 Å². The molecule has 0 unspecified atom stereocenters. The molecule has 0 aliphatic carbocycles. The van der Waals surface area contributed by atoms with Crippen molar-refractivity contribution in [3.8, 4) is 11.5 Å². The van der Waals surface area contributed by atoms with Crippen molar-refractivity contribution in [2.45, 2.75) is 11.9 Å². The number of carbonyl (C=O) groups excluding carboxylic acids is 1. The van der Waals surface area contributed by atoms with Crippen molar-refractivity contribution in [3.63, 3.8) is 0 Å². The van der Waals surface area contributed by atoms with Crippen LogP contribution < -0.4 is 5.32 Å². The van der Waals surface area contributed by atoms with Crippen molar-refractivity contribution in [2.75, 3.05) is 0 Å². The molecule has 0 bridgehead atoms. The molecule has 2 aromatic carbocycles. The molecule has 104 valence electrons. The van der Waals surface area contributed by atoms with E-state index in [9.17, 15) is 15.0 Å². The summed E-state index contributed by atoms with van der Waals surface area (Å²) in [5.74, 6) is -0.646.